The Balaban J connectivity index is 1.95. The van der Waals surface area contributed by atoms with E-state index >= 15 is 0 Å². The standard InChI is InChI=1S/C11H18N4O/c1-3-4-9-12-10(14-13-9)11(16)15(2)7-8-5-6-8/h8H,3-7H2,1-2H3,(H,12,13,14). The van der Waals surface area contributed by atoms with E-state index < -0.39 is 0 Å². The van der Waals surface area contributed by atoms with E-state index in [-0.39, 0.29) is 5.91 Å². The Hall–Kier alpha value is -1.39. The quantitative estimate of drug-likeness (QED) is 0.815. The van der Waals surface area contributed by atoms with Crippen LogP contribution in [-0.2, 0) is 6.42 Å². The van der Waals surface area contributed by atoms with Gasteiger partial charge in [0.25, 0.3) is 5.91 Å². The number of aromatic nitrogens is 3. The third-order valence-electron chi connectivity index (χ3n) is 2.79. The SMILES string of the molecule is CCCc1nc(C(=O)N(C)CC2CC2)n[nH]1. The molecule has 1 fully saturated rings. The summed E-state index contributed by atoms with van der Waals surface area (Å²) in [7, 11) is 1.82. The lowest BCUT2D eigenvalue weighted by atomic mass is 10.3. The summed E-state index contributed by atoms with van der Waals surface area (Å²) in [4.78, 5) is 17.8. The first-order chi connectivity index (χ1) is 7.70. The number of carbonyl (C=O) groups excluding carboxylic acids is 1. The molecule has 1 heterocycles. The van der Waals surface area contributed by atoms with Crippen LogP contribution >= 0.6 is 0 Å². The molecule has 0 aromatic carbocycles. The summed E-state index contributed by atoms with van der Waals surface area (Å²) in [5.41, 5.74) is 0. The molecule has 88 valence electrons. The first-order valence-corrected chi connectivity index (χ1v) is 5.87. The van der Waals surface area contributed by atoms with Crippen molar-refractivity contribution in [2.45, 2.75) is 32.6 Å². The van der Waals surface area contributed by atoms with E-state index in [1.54, 1.807) is 4.90 Å². The van der Waals surface area contributed by atoms with E-state index in [4.69, 9.17) is 0 Å². The van der Waals surface area contributed by atoms with Crippen molar-refractivity contribution in [1.82, 2.24) is 20.1 Å². The lowest BCUT2D eigenvalue weighted by Crippen LogP contribution is -2.29. The number of aryl methyl sites for hydroxylation is 1. The van der Waals surface area contributed by atoms with Crippen LogP contribution in [0.2, 0.25) is 0 Å². The molecule has 2 rings (SSSR count). The number of aromatic amines is 1. The van der Waals surface area contributed by atoms with Crippen molar-refractivity contribution in [2.24, 2.45) is 5.92 Å². The van der Waals surface area contributed by atoms with Crippen LogP contribution in [0.15, 0.2) is 0 Å². The van der Waals surface area contributed by atoms with Gasteiger partial charge in [-0.15, -0.1) is 5.10 Å². The summed E-state index contributed by atoms with van der Waals surface area (Å²) in [5, 5.41) is 6.76. The van der Waals surface area contributed by atoms with Crippen molar-refractivity contribution in [3.63, 3.8) is 0 Å². The maximum Gasteiger partial charge on any atom is 0.293 e. The topological polar surface area (TPSA) is 61.9 Å². The van der Waals surface area contributed by atoms with Gasteiger partial charge in [-0.05, 0) is 25.2 Å². The smallest absolute Gasteiger partial charge is 0.293 e. The molecule has 0 spiro atoms. The molecule has 0 radical (unpaired) electrons. The molecule has 1 aromatic rings. The van der Waals surface area contributed by atoms with Crippen LogP contribution in [-0.4, -0.2) is 39.6 Å². The van der Waals surface area contributed by atoms with Gasteiger partial charge in [-0.25, -0.2) is 4.98 Å². The lowest BCUT2D eigenvalue weighted by Gasteiger charge is -2.13. The van der Waals surface area contributed by atoms with Gasteiger partial charge < -0.3 is 4.90 Å². The minimum atomic E-state index is -0.0782. The highest BCUT2D eigenvalue weighted by atomic mass is 16.2. The molecule has 5 heteroatoms. The van der Waals surface area contributed by atoms with Crippen molar-refractivity contribution in [3.8, 4) is 0 Å². The summed E-state index contributed by atoms with van der Waals surface area (Å²) in [6, 6.07) is 0. The molecule has 0 unspecified atom stereocenters. The molecule has 1 saturated carbocycles. The molecule has 1 aliphatic carbocycles. The fraction of sp³-hybridized carbons (Fsp3) is 0.727. The predicted octanol–water partition coefficient (Wildman–Crippen LogP) is 1.24. The van der Waals surface area contributed by atoms with Crippen molar-refractivity contribution in [1.29, 1.82) is 0 Å². The van der Waals surface area contributed by atoms with Crippen LogP contribution in [0.1, 0.15) is 42.6 Å². The first-order valence-electron chi connectivity index (χ1n) is 5.87. The average molecular weight is 222 g/mol. The van der Waals surface area contributed by atoms with Gasteiger partial charge in [0.05, 0.1) is 0 Å². The Labute approximate surface area is 95.2 Å². The molecule has 0 aliphatic heterocycles. The second kappa shape index (κ2) is 4.63. The highest BCUT2D eigenvalue weighted by Gasteiger charge is 2.26. The van der Waals surface area contributed by atoms with E-state index in [1.807, 2.05) is 7.05 Å². The Bertz CT molecular complexity index is 370. The first kappa shape index (κ1) is 11.1. The number of nitrogens with zero attached hydrogens (tertiary/aromatic N) is 3. The third kappa shape index (κ3) is 2.59. The minimum Gasteiger partial charge on any atom is -0.339 e. The zero-order chi connectivity index (χ0) is 11.5. The minimum absolute atomic E-state index is 0.0782. The molecule has 1 aromatic heterocycles. The van der Waals surface area contributed by atoms with Gasteiger partial charge in [-0.1, -0.05) is 6.92 Å². The molecule has 0 atom stereocenters. The summed E-state index contributed by atoms with van der Waals surface area (Å²) in [6.45, 7) is 2.90. The van der Waals surface area contributed by atoms with Gasteiger partial charge in [0.1, 0.15) is 5.82 Å². The molecular weight excluding hydrogens is 204 g/mol. The lowest BCUT2D eigenvalue weighted by molar-refractivity contribution is 0.0777. The van der Waals surface area contributed by atoms with E-state index in [0.717, 1.165) is 25.2 Å². The van der Waals surface area contributed by atoms with Gasteiger partial charge in [0.15, 0.2) is 0 Å². The monoisotopic (exact) mass is 222 g/mol. The van der Waals surface area contributed by atoms with E-state index in [1.165, 1.54) is 12.8 Å². The number of rotatable bonds is 5. The van der Waals surface area contributed by atoms with Crippen LogP contribution in [0, 0.1) is 5.92 Å². The molecule has 5 nitrogen and oxygen atoms in total. The van der Waals surface area contributed by atoms with Gasteiger partial charge in [0.2, 0.25) is 5.82 Å². The maximum absolute atomic E-state index is 11.9. The summed E-state index contributed by atoms with van der Waals surface area (Å²) in [6.07, 6.45) is 4.33. The van der Waals surface area contributed by atoms with Crippen LogP contribution in [0.4, 0.5) is 0 Å². The van der Waals surface area contributed by atoms with Crippen molar-refractivity contribution in [3.05, 3.63) is 11.6 Å². The van der Waals surface area contributed by atoms with Crippen LogP contribution in [0.25, 0.3) is 0 Å². The maximum atomic E-state index is 11.9. The molecular formula is C11H18N4O. The van der Waals surface area contributed by atoms with Crippen molar-refractivity contribution in [2.75, 3.05) is 13.6 Å². The van der Waals surface area contributed by atoms with Crippen molar-refractivity contribution < 1.29 is 4.79 Å². The largest absolute Gasteiger partial charge is 0.339 e. The number of H-pyrrole nitrogens is 1. The van der Waals surface area contributed by atoms with Crippen molar-refractivity contribution >= 4 is 5.91 Å². The number of hydrogen-bond donors (Lipinski definition) is 1. The highest BCUT2D eigenvalue weighted by molar-refractivity contribution is 5.90. The molecule has 1 amide bonds. The summed E-state index contributed by atoms with van der Waals surface area (Å²) >= 11 is 0. The van der Waals surface area contributed by atoms with Gasteiger partial charge in [0, 0.05) is 20.0 Å². The Morgan fingerprint density at radius 2 is 2.31 bits per heavy atom. The normalized spacial score (nSPS) is 15.1. The predicted molar refractivity (Wildman–Crippen MR) is 60.1 cm³/mol. The number of hydrogen-bond acceptors (Lipinski definition) is 3. The number of carbonyl (C=O) groups is 1. The average Bonchev–Trinajstić information content (AvgIpc) is 2.95. The zero-order valence-electron chi connectivity index (χ0n) is 9.86. The second-order valence-electron chi connectivity index (χ2n) is 4.48. The van der Waals surface area contributed by atoms with Crippen LogP contribution in [0.3, 0.4) is 0 Å². The molecule has 1 N–H and O–H groups in total. The highest BCUT2D eigenvalue weighted by Crippen LogP contribution is 2.29. The van der Waals surface area contributed by atoms with Gasteiger partial charge in [-0.3, -0.25) is 9.89 Å². The Morgan fingerprint density at radius 1 is 1.56 bits per heavy atom. The third-order valence-corrected chi connectivity index (χ3v) is 2.79. The second-order valence-corrected chi connectivity index (χ2v) is 4.48. The molecule has 16 heavy (non-hydrogen) atoms. The summed E-state index contributed by atoms with van der Waals surface area (Å²) in [5.74, 6) is 1.71. The summed E-state index contributed by atoms with van der Waals surface area (Å²) < 4.78 is 0. The van der Waals surface area contributed by atoms with E-state index in [0.29, 0.717) is 11.7 Å². The van der Waals surface area contributed by atoms with Gasteiger partial charge >= 0.3 is 0 Å². The van der Waals surface area contributed by atoms with E-state index in [9.17, 15) is 4.79 Å². The number of amides is 1. The molecule has 1 aliphatic rings. The fourth-order valence-corrected chi connectivity index (χ4v) is 1.68. The van der Waals surface area contributed by atoms with Crippen LogP contribution in [0.5, 0.6) is 0 Å². The molecule has 0 saturated heterocycles. The Kier molecular flexibility index (Phi) is 3.22. The number of nitrogens with one attached hydrogen (secondary N) is 1. The van der Waals surface area contributed by atoms with Gasteiger partial charge in [-0.2, -0.15) is 0 Å². The zero-order valence-corrected chi connectivity index (χ0v) is 9.86. The Morgan fingerprint density at radius 3 is 2.94 bits per heavy atom. The fourth-order valence-electron chi connectivity index (χ4n) is 1.68. The van der Waals surface area contributed by atoms with E-state index in [2.05, 4.69) is 22.1 Å². The van der Waals surface area contributed by atoms with Crippen LogP contribution < -0.4 is 0 Å². The molecule has 0 bridgehead atoms.